The molecule has 0 saturated carbocycles. The number of anilines is 3. The zero-order valence-electron chi connectivity index (χ0n) is 19.5. The Hall–Kier alpha value is -4.77. The molecule has 0 unspecified atom stereocenters. The Labute approximate surface area is 210 Å². The molecular formula is C31H21BN4. The molecule has 1 aliphatic heterocycles. The van der Waals surface area contributed by atoms with Gasteiger partial charge in [0.2, 0.25) is 0 Å². The summed E-state index contributed by atoms with van der Waals surface area (Å²) in [6, 6.07) is 37.6. The second kappa shape index (κ2) is 8.47. The molecule has 0 bridgehead atoms. The molecule has 0 aliphatic carbocycles. The molecule has 4 nitrogen and oxygen atoms in total. The van der Waals surface area contributed by atoms with Crippen LogP contribution in [0.4, 0.5) is 17.2 Å². The highest BCUT2D eigenvalue weighted by Gasteiger charge is 2.33. The number of para-hydroxylation sites is 2. The fourth-order valence-corrected chi connectivity index (χ4v) is 5.34. The maximum absolute atomic E-state index is 5.01. The minimum absolute atomic E-state index is 0.00921. The van der Waals surface area contributed by atoms with Gasteiger partial charge in [-0.3, -0.25) is 14.9 Å². The van der Waals surface area contributed by atoms with E-state index in [4.69, 9.17) is 9.97 Å². The average molecular weight is 460 g/mol. The van der Waals surface area contributed by atoms with Crippen molar-refractivity contribution < 1.29 is 0 Å². The van der Waals surface area contributed by atoms with E-state index in [-0.39, 0.29) is 6.71 Å². The highest BCUT2D eigenvalue weighted by Crippen LogP contribution is 2.32. The zero-order chi connectivity index (χ0) is 23.9. The van der Waals surface area contributed by atoms with Gasteiger partial charge in [0.25, 0.3) is 6.71 Å². The van der Waals surface area contributed by atoms with Crippen LogP contribution in [0.15, 0.2) is 128 Å². The van der Waals surface area contributed by atoms with Crippen molar-refractivity contribution in [1.82, 2.24) is 15.0 Å². The van der Waals surface area contributed by atoms with Crippen molar-refractivity contribution in [1.29, 1.82) is 0 Å². The fourth-order valence-electron chi connectivity index (χ4n) is 5.34. The number of nitrogens with zero attached hydrogens (tertiary/aromatic N) is 4. The van der Waals surface area contributed by atoms with E-state index in [1.54, 1.807) is 0 Å². The van der Waals surface area contributed by atoms with Gasteiger partial charge in [-0.2, -0.15) is 0 Å². The van der Waals surface area contributed by atoms with Gasteiger partial charge in [0.05, 0.1) is 11.7 Å². The van der Waals surface area contributed by atoms with Gasteiger partial charge >= 0.3 is 0 Å². The van der Waals surface area contributed by atoms with Gasteiger partial charge < -0.3 is 0 Å². The molecule has 0 spiro atoms. The van der Waals surface area contributed by atoms with Crippen LogP contribution in [0.5, 0.6) is 0 Å². The number of rotatable bonds is 4. The Bertz CT molecular complexity index is 1640. The van der Waals surface area contributed by atoms with Gasteiger partial charge in [0, 0.05) is 34.7 Å². The van der Waals surface area contributed by atoms with Crippen LogP contribution in [0.3, 0.4) is 0 Å². The molecule has 168 valence electrons. The lowest BCUT2D eigenvalue weighted by Gasteiger charge is -2.27. The lowest BCUT2D eigenvalue weighted by molar-refractivity contribution is 1.14. The van der Waals surface area contributed by atoms with Crippen LogP contribution >= 0.6 is 0 Å². The predicted octanol–water partition coefficient (Wildman–Crippen LogP) is 4.99. The molecule has 5 heteroatoms. The van der Waals surface area contributed by atoms with Crippen molar-refractivity contribution in [3.05, 3.63) is 128 Å². The third-order valence-corrected chi connectivity index (χ3v) is 6.88. The largest absolute Gasteiger partial charge is 0.294 e. The number of pyridine rings is 1. The molecule has 3 heterocycles. The highest BCUT2D eigenvalue weighted by atomic mass is 15.2. The van der Waals surface area contributed by atoms with E-state index in [9.17, 15) is 0 Å². The number of hydrogen-bond donors (Lipinski definition) is 0. The van der Waals surface area contributed by atoms with Crippen LogP contribution in [0, 0.1) is 0 Å². The first-order valence-electron chi connectivity index (χ1n) is 12.1. The first kappa shape index (κ1) is 20.6. The maximum atomic E-state index is 5.01. The average Bonchev–Trinajstić information content (AvgIpc) is 2.95. The lowest BCUT2D eigenvalue weighted by atomic mass is 9.35. The summed E-state index contributed by atoms with van der Waals surface area (Å²) in [6.07, 6.45) is 5.71. The molecule has 0 saturated heterocycles. The van der Waals surface area contributed by atoms with E-state index in [2.05, 4.69) is 82.7 Å². The zero-order valence-corrected chi connectivity index (χ0v) is 19.5. The van der Waals surface area contributed by atoms with E-state index in [0.29, 0.717) is 0 Å². The highest BCUT2D eigenvalue weighted by molar-refractivity contribution is 6.98. The molecule has 36 heavy (non-hydrogen) atoms. The molecule has 7 rings (SSSR count). The molecule has 0 atom stereocenters. The smallest absolute Gasteiger partial charge is 0.268 e. The van der Waals surface area contributed by atoms with Crippen LogP contribution in [0.1, 0.15) is 0 Å². The summed E-state index contributed by atoms with van der Waals surface area (Å²) < 4.78 is 0. The standard InChI is InChI=1S/C31H21BN4/c1-3-10-22(11-4-1)36(23-12-5-2-6-13-23)30-21-34-29(20-35-30)32-26-15-8-7-14-24(26)25-18-19-33-28-17-9-16-27(32)31(25)28/h1-21H. The second-order valence-electron chi connectivity index (χ2n) is 8.93. The second-order valence-corrected chi connectivity index (χ2v) is 8.93. The Morgan fingerprint density at radius 2 is 1.22 bits per heavy atom. The van der Waals surface area contributed by atoms with Crippen molar-refractivity contribution in [2.75, 3.05) is 4.90 Å². The number of hydrogen-bond acceptors (Lipinski definition) is 4. The third kappa shape index (κ3) is 3.28. The lowest BCUT2D eigenvalue weighted by Crippen LogP contribution is -2.56. The van der Waals surface area contributed by atoms with E-state index in [1.807, 2.05) is 55.0 Å². The van der Waals surface area contributed by atoms with Crippen molar-refractivity contribution in [3.63, 3.8) is 0 Å². The molecule has 6 aromatic rings. The first-order chi connectivity index (χ1) is 17.9. The fraction of sp³-hybridized carbons (Fsp3) is 0. The molecule has 0 radical (unpaired) electrons. The van der Waals surface area contributed by atoms with Crippen LogP contribution in [0.25, 0.3) is 22.0 Å². The maximum Gasteiger partial charge on any atom is 0.268 e. The van der Waals surface area contributed by atoms with Gasteiger partial charge in [-0.25, -0.2) is 4.98 Å². The van der Waals surface area contributed by atoms with Crippen LogP contribution in [-0.4, -0.2) is 21.7 Å². The summed E-state index contributed by atoms with van der Waals surface area (Å²) in [6.45, 7) is -0.00921. The summed E-state index contributed by atoms with van der Waals surface area (Å²) in [5.74, 6) is 0.778. The molecule has 4 aromatic carbocycles. The molecule has 0 amide bonds. The number of aromatic nitrogens is 3. The van der Waals surface area contributed by atoms with Gasteiger partial charge in [0.15, 0.2) is 5.82 Å². The minimum atomic E-state index is -0.00921. The summed E-state index contributed by atoms with van der Waals surface area (Å²) in [7, 11) is 0. The van der Waals surface area contributed by atoms with E-state index in [0.717, 1.165) is 28.3 Å². The molecule has 0 N–H and O–H groups in total. The van der Waals surface area contributed by atoms with Gasteiger partial charge in [-0.15, -0.1) is 0 Å². The quantitative estimate of drug-likeness (QED) is 0.347. The summed E-state index contributed by atoms with van der Waals surface area (Å²) >= 11 is 0. The summed E-state index contributed by atoms with van der Waals surface area (Å²) in [4.78, 5) is 16.7. The van der Waals surface area contributed by atoms with Crippen molar-refractivity contribution in [3.8, 4) is 11.1 Å². The Balaban J connectivity index is 1.38. The Morgan fingerprint density at radius 1 is 0.528 bits per heavy atom. The third-order valence-electron chi connectivity index (χ3n) is 6.88. The summed E-state index contributed by atoms with van der Waals surface area (Å²) in [5.41, 5.74) is 8.94. The van der Waals surface area contributed by atoms with E-state index in [1.165, 1.54) is 27.4 Å². The monoisotopic (exact) mass is 460 g/mol. The van der Waals surface area contributed by atoms with Gasteiger partial charge in [0.1, 0.15) is 0 Å². The van der Waals surface area contributed by atoms with Gasteiger partial charge in [-0.1, -0.05) is 83.7 Å². The molecule has 2 aromatic heterocycles. The summed E-state index contributed by atoms with van der Waals surface area (Å²) in [5, 5.41) is 1.20. The normalized spacial score (nSPS) is 11.8. The first-order valence-corrected chi connectivity index (χ1v) is 12.1. The molecule has 1 aliphatic rings. The molecule has 0 fully saturated rings. The van der Waals surface area contributed by atoms with Crippen molar-refractivity contribution in [2.24, 2.45) is 0 Å². The predicted molar refractivity (Wildman–Crippen MR) is 149 cm³/mol. The number of fused-ring (bicyclic) bond motifs is 2. The topological polar surface area (TPSA) is 41.9 Å². The van der Waals surface area contributed by atoms with Crippen molar-refractivity contribution in [2.45, 2.75) is 0 Å². The SMILES string of the molecule is c1ccc(N(c2ccccc2)c2cnc(B3c4ccccc4-c4ccnc5cccc3c45)cn2)cc1. The van der Waals surface area contributed by atoms with Crippen molar-refractivity contribution >= 4 is 51.3 Å². The van der Waals surface area contributed by atoms with E-state index < -0.39 is 0 Å². The van der Waals surface area contributed by atoms with Gasteiger partial charge in [-0.05, 0) is 47.5 Å². The van der Waals surface area contributed by atoms with Crippen LogP contribution < -0.4 is 21.4 Å². The van der Waals surface area contributed by atoms with Crippen LogP contribution in [0.2, 0.25) is 0 Å². The minimum Gasteiger partial charge on any atom is -0.294 e. The Kier molecular flexibility index (Phi) is 4.85. The number of benzene rings is 4. The molecular weight excluding hydrogens is 439 g/mol. The van der Waals surface area contributed by atoms with Crippen LogP contribution in [-0.2, 0) is 0 Å². The van der Waals surface area contributed by atoms with E-state index >= 15 is 0 Å². The Morgan fingerprint density at radius 3 is 1.94 bits per heavy atom.